The van der Waals surface area contributed by atoms with Gasteiger partial charge in [0.25, 0.3) is 0 Å². The molecule has 0 aliphatic carbocycles. The van der Waals surface area contributed by atoms with Crippen molar-refractivity contribution in [1.29, 1.82) is 0 Å². The zero-order valence-corrected chi connectivity index (χ0v) is 15.5. The van der Waals surface area contributed by atoms with Crippen molar-refractivity contribution in [3.63, 3.8) is 0 Å². The van der Waals surface area contributed by atoms with Crippen LogP contribution in [-0.2, 0) is 11.3 Å². The summed E-state index contributed by atoms with van der Waals surface area (Å²) in [7, 11) is 0. The SMILES string of the molecule is CCNC(=NCc1ccc(C)c(F)c1)NCC1CCCO1.I. The Balaban J connectivity index is 0.00000242. The summed E-state index contributed by atoms with van der Waals surface area (Å²) in [6.07, 6.45) is 2.49. The van der Waals surface area contributed by atoms with Crippen LogP contribution in [0.15, 0.2) is 23.2 Å². The Morgan fingerprint density at radius 3 is 2.86 bits per heavy atom. The molecule has 0 amide bonds. The Labute approximate surface area is 148 Å². The highest BCUT2D eigenvalue weighted by molar-refractivity contribution is 14.0. The normalized spacial score (nSPS) is 18.0. The molecule has 1 aliphatic heterocycles. The van der Waals surface area contributed by atoms with Crippen LogP contribution >= 0.6 is 24.0 Å². The number of hydrogen-bond donors (Lipinski definition) is 2. The van der Waals surface area contributed by atoms with Gasteiger partial charge in [-0.3, -0.25) is 0 Å². The molecule has 4 nitrogen and oxygen atoms in total. The van der Waals surface area contributed by atoms with Crippen molar-refractivity contribution >= 4 is 29.9 Å². The van der Waals surface area contributed by atoms with Gasteiger partial charge in [-0.1, -0.05) is 12.1 Å². The number of aliphatic imine (C=N–C) groups is 1. The highest BCUT2D eigenvalue weighted by Gasteiger charge is 2.15. The van der Waals surface area contributed by atoms with E-state index in [9.17, 15) is 4.39 Å². The molecule has 0 bridgehead atoms. The second-order valence-corrected chi connectivity index (χ2v) is 5.29. The van der Waals surface area contributed by atoms with Crippen LogP contribution in [0.2, 0.25) is 0 Å². The lowest BCUT2D eigenvalue weighted by Crippen LogP contribution is -2.41. The topological polar surface area (TPSA) is 45.7 Å². The number of guanidine groups is 1. The van der Waals surface area contributed by atoms with E-state index in [-0.39, 0.29) is 35.9 Å². The van der Waals surface area contributed by atoms with Crippen molar-refractivity contribution in [1.82, 2.24) is 10.6 Å². The molecule has 0 radical (unpaired) electrons. The molecule has 1 unspecified atom stereocenters. The Morgan fingerprint density at radius 2 is 2.23 bits per heavy atom. The van der Waals surface area contributed by atoms with Crippen molar-refractivity contribution in [2.75, 3.05) is 19.7 Å². The molecule has 1 heterocycles. The van der Waals surface area contributed by atoms with Crippen LogP contribution in [-0.4, -0.2) is 31.8 Å². The van der Waals surface area contributed by atoms with Gasteiger partial charge in [-0.05, 0) is 43.9 Å². The molecule has 1 aromatic rings. The van der Waals surface area contributed by atoms with Crippen LogP contribution in [0.25, 0.3) is 0 Å². The van der Waals surface area contributed by atoms with E-state index in [0.717, 1.165) is 44.1 Å². The van der Waals surface area contributed by atoms with Gasteiger partial charge in [-0.15, -0.1) is 24.0 Å². The number of halogens is 2. The molecular formula is C16H25FIN3O. The van der Waals surface area contributed by atoms with E-state index in [1.54, 1.807) is 19.1 Å². The Morgan fingerprint density at radius 1 is 1.41 bits per heavy atom. The predicted octanol–water partition coefficient (Wildman–Crippen LogP) is 2.99. The van der Waals surface area contributed by atoms with Gasteiger partial charge in [0.15, 0.2) is 5.96 Å². The molecule has 6 heteroatoms. The average Bonchev–Trinajstić information content (AvgIpc) is 2.99. The molecule has 22 heavy (non-hydrogen) atoms. The fraction of sp³-hybridized carbons (Fsp3) is 0.562. The summed E-state index contributed by atoms with van der Waals surface area (Å²) in [5.41, 5.74) is 1.53. The fourth-order valence-corrected chi connectivity index (χ4v) is 2.26. The molecule has 0 aromatic heterocycles. The minimum absolute atomic E-state index is 0. The van der Waals surface area contributed by atoms with Gasteiger partial charge in [0.2, 0.25) is 0 Å². The van der Waals surface area contributed by atoms with Crippen LogP contribution in [0.3, 0.4) is 0 Å². The third-order valence-electron chi connectivity index (χ3n) is 3.52. The lowest BCUT2D eigenvalue weighted by molar-refractivity contribution is 0.114. The molecule has 1 fully saturated rings. The second kappa shape index (κ2) is 9.99. The van der Waals surface area contributed by atoms with E-state index in [4.69, 9.17) is 4.74 Å². The first-order valence-electron chi connectivity index (χ1n) is 7.58. The summed E-state index contributed by atoms with van der Waals surface area (Å²) in [6, 6.07) is 5.24. The second-order valence-electron chi connectivity index (χ2n) is 5.29. The summed E-state index contributed by atoms with van der Waals surface area (Å²) in [5.74, 6) is 0.564. The number of hydrogen-bond acceptors (Lipinski definition) is 2. The maximum Gasteiger partial charge on any atom is 0.191 e. The first-order chi connectivity index (χ1) is 10.2. The van der Waals surface area contributed by atoms with Crippen LogP contribution in [0, 0.1) is 12.7 Å². The number of rotatable bonds is 5. The monoisotopic (exact) mass is 421 g/mol. The Kier molecular flexibility index (Phi) is 8.70. The standard InChI is InChI=1S/C16H24FN3O.HI/c1-3-18-16(20-11-14-5-4-8-21-14)19-10-13-7-6-12(2)15(17)9-13;/h6-7,9,14H,3-5,8,10-11H2,1-2H3,(H2,18,19,20);1H. The fourth-order valence-electron chi connectivity index (χ4n) is 2.26. The molecule has 1 atom stereocenters. The molecule has 0 saturated carbocycles. The molecule has 0 spiro atoms. The molecule has 2 N–H and O–H groups in total. The predicted molar refractivity (Wildman–Crippen MR) is 98.3 cm³/mol. The van der Waals surface area contributed by atoms with Gasteiger partial charge in [-0.2, -0.15) is 0 Å². The molecule has 1 saturated heterocycles. The minimum Gasteiger partial charge on any atom is -0.376 e. The third-order valence-corrected chi connectivity index (χ3v) is 3.52. The lowest BCUT2D eigenvalue weighted by Gasteiger charge is -2.14. The van der Waals surface area contributed by atoms with E-state index in [2.05, 4.69) is 15.6 Å². The van der Waals surface area contributed by atoms with E-state index < -0.39 is 0 Å². The number of aryl methyl sites for hydroxylation is 1. The molecule has 2 rings (SSSR count). The van der Waals surface area contributed by atoms with Gasteiger partial charge in [-0.25, -0.2) is 9.38 Å². The third kappa shape index (κ3) is 6.08. The summed E-state index contributed by atoms with van der Waals surface area (Å²) < 4.78 is 19.1. The summed E-state index contributed by atoms with van der Waals surface area (Å²) in [4.78, 5) is 4.49. The summed E-state index contributed by atoms with van der Waals surface area (Å²) in [6.45, 7) is 6.64. The number of nitrogens with zero attached hydrogens (tertiary/aromatic N) is 1. The van der Waals surface area contributed by atoms with Crippen molar-refractivity contribution in [2.45, 2.75) is 39.3 Å². The van der Waals surface area contributed by atoms with Gasteiger partial charge in [0.1, 0.15) is 5.82 Å². The van der Waals surface area contributed by atoms with E-state index in [1.807, 2.05) is 13.0 Å². The summed E-state index contributed by atoms with van der Waals surface area (Å²) in [5, 5.41) is 6.47. The average molecular weight is 421 g/mol. The van der Waals surface area contributed by atoms with Crippen molar-refractivity contribution in [2.24, 2.45) is 4.99 Å². The maximum absolute atomic E-state index is 13.5. The van der Waals surface area contributed by atoms with Gasteiger partial charge in [0.05, 0.1) is 12.6 Å². The van der Waals surface area contributed by atoms with E-state index in [1.165, 1.54) is 0 Å². The summed E-state index contributed by atoms with van der Waals surface area (Å²) >= 11 is 0. The lowest BCUT2D eigenvalue weighted by atomic mass is 10.1. The smallest absolute Gasteiger partial charge is 0.191 e. The van der Waals surface area contributed by atoms with E-state index in [0.29, 0.717) is 12.1 Å². The minimum atomic E-state index is -0.181. The van der Waals surface area contributed by atoms with Crippen LogP contribution in [0.4, 0.5) is 4.39 Å². The Hall–Kier alpha value is -0.890. The van der Waals surface area contributed by atoms with Crippen molar-refractivity contribution in [3.8, 4) is 0 Å². The molecule has 124 valence electrons. The van der Waals surface area contributed by atoms with Crippen LogP contribution in [0.1, 0.15) is 30.9 Å². The number of benzene rings is 1. The quantitative estimate of drug-likeness (QED) is 0.437. The van der Waals surface area contributed by atoms with E-state index >= 15 is 0 Å². The molecule has 1 aliphatic rings. The first-order valence-corrected chi connectivity index (χ1v) is 7.58. The van der Waals surface area contributed by atoms with Crippen molar-refractivity contribution in [3.05, 3.63) is 35.1 Å². The van der Waals surface area contributed by atoms with Crippen LogP contribution < -0.4 is 10.6 Å². The highest BCUT2D eigenvalue weighted by Crippen LogP contribution is 2.11. The zero-order valence-electron chi connectivity index (χ0n) is 13.2. The maximum atomic E-state index is 13.5. The zero-order chi connectivity index (χ0) is 15.1. The van der Waals surface area contributed by atoms with Gasteiger partial charge >= 0.3 is 0 Å². The molecule has 1 aromatic carbocycles. The van der Waals surface area contributed by atoms with Crippen LogP contribution in [0.5, 0.6) is 0 Å². The number of ether oxygens (including phenoxy) is 1. The van der Waals surface area contributed by atoms with Crippen molar-refractivity contribution < 1.29 is 9.13 Å². The first kappa shape index (κ1) is 19.2. The van der Waals surface area contributed by atoms with Gasteiger partial charge in [0, 0.05) is 19.7 Å². The highest BCUT2D eigenvalue weighted by atomic mass is 127. The van der Waals surface area contributed by atoms with Gasteiger partial charge < -0.3 is 15.4 Å². The largest absolute Gasteiger partial charge is 0.376 e. The molecular weight excluding hydrogens is 396 g/mol. The number of nitrogens with one attached hydrogen (secondary N) is 2. The Bertz CT molecular complexity index is 490.